The molecule has 1 saturated heterocycles. The normalized spacial score (nSPS) is 26.5. The van der Waals surface area contributed by atoms with Gasteiger partial charge < -0.3 is 10.4 Å². The lowest BCUT2D eigenvalue weighted by atomic mass is 10.1. The number of aliphatic hydroxyl groups excluding tert-OH is 1. The summed E-state index contributed by atoms with van der Waals surface area (Å²) in [6, 6.07) is 0.686. The molecule has 1 fully saturated rings. The summed E-state index contributed by atoms with van der Waals surface area (Å²) in [5, 5.41) is 12.6. The molecule has 1 rings (SSSR count). The Balaban J connectivity index is 2.07. The molecule has 0 radical (unpaired) electrons. The van der Waals surface area contributed by atoms with Gasteiger partial charge >= 0.3 is 0 Å². The highest BCUT2D eigenvalue weighted by Crippen LogP contribution is 2.09. The summed E-state index contributed by atoms with van der Waals surface area (Å²) in [4.78, 5) is 1.97. The maximum atomic E-state index is 9.20. The molecular weight excluding hydrogens is 152 g/mol. The van der Waals surface area contributed by atoms with Crippen molar-refractivity contribution in [1.29, 1.82) is 0 Å². The molecule has 3 nitrogen and oxygen atoms in total. The monoisotopic (exact) mass is 172 g/mol. The van der Waals surface area contributed by atoms with Gasteiger partial charge in [0.15, 0.2) is 0 Å². The average molecular weight is 172 g/mol. The lowest BCUT2D eigenvalue weighted by molar-refractivity contribution is 0.0363. The first kappa shape index (κ1) is 9.96. The maximum Gasteiger partial charge on any atom is 0.104 e. The molecule has 1 heterocycles. The molecular formula is C9H20N2O. The number of nitrogens with one attached hydrogen (secondary N) is 1. The zero-order valence-electron chi connectivity index (χ0n) is 8.08. The molecule has 2 atom stereocenters. The molecule has 0 aromatic rings. The van der Waals surface area contributed by atoms with E-state index in [1.807, 2.05) is 18.9 Å². The second-order valence-corrected chi connectivity index (χ2v) is 3.69. The van der Waals surface area contributed by atoms with Gasteiger partial charge in [0, 0.05) is 12.6 Å². The van der Waals surface area contributed by atoms with Crippen LogP contribution in [0.3, 0.4) is 0 Å². The third kappa shape index (κ3) is 3.09. The highest BCUT2D eigenvalue weighted by atomic mass is 16.3. The van der Waals surface area contributed by atoms with Gasteiger partial charge in [-0.15, -0.1) is 0 Å². The van der Waals surface area contributed by atoms with E-state index in [0.717, 1.165) is 13.0 Å². The third-order valence-corrected chi connectivity index (χ3v) is 2.63. The van der Waals surface area contributed by atoms with Gasteiger partial charge in [-0.1, -0.05) is 0 Å². The first-order valence-corrected chi connectivity index (χ1v) is 4.82. The largest absolute Gasteiger partial charge is 0.379 e. The van der Waals surface area contributed by atoms with Crippen LogP contribution in [0, 0.1) is 0 Å². The smallest absolute Gasteiger partial charge is 0.104 e. The van der Waals surface area contributed by atoms with E-state index in [1.54, 1.807) is 0 Å². The molecule has 3 heteroatoms. The SMILES string of the molecule is CC(O)N(C)CCC1CCCN1. The zero-order valence-corrected chi connectivity index (χ0v) is 8.08. The van der Waals surface area contributed by atoms with Crippen LogP contribution < -0.4 is 5.32 Å². The Labute approximate surface area is 74.8 Å². The first-order valence-electron chi connectivity index (χ1n) is 4.82. The molecule has 2 N–H and O–H groups in total. The zero-order chi connectivity index (χ0) is 8.97. The molecule has 0 aliphatic carbocycles. The molecule has 0 aromatic carbocycles. The van der Waals surface area contributed by atoms with Crippen molar-refractivity contribution in [2.75, 3.05) is 20.1 Å². The van der Waals surface area contributed by atoms with E-state index in [1.165, 1.54) is 19.4 Å². The fraction of sp³-hybridized carbons (Fsp3) is 1.00. The van der Waals surface area contributed by atoms with E-state index in [9.17, 15) is 5.11 Å². The first-order chi connectivity index (χ1) is 5.70. The molecule has 2 unspecified atom stereocenters. The van der Waals surface area contributed by atoms with Crippen LogP contribution in [0.1, 0.15) is 26.2 Å². The van der Waals surface area contributed by atoms with Crippen molar-refractivity contribution in [1.82, 2.24) is 10.2 Å². The summed E-state index contributed by atoms with van der Waals surface area (Å²) < 4.78 is 0. The van der Waals surface area contributed by atoms with Crippen LogP contribution in [0.2, 0.25) is 0 Å². The second kappa shape index (κ2) is 4.80. The van der Waals surface area contributed by atoms with Crippen LogP contribution in [0.4, 0.5) is 0 Å². The molecule has 72 valence electrons. The second-order valence-electron chi connectivity index (χ2n) is 3.69. The Morgan fingerprint density at radius 3 is 2.92 bits per heavy atom. The maximum absolute atomic E-state index is 9.20. The summed E-state index contributed by atoms with van der Waals surface area (Å²) in [5.74, 6) is 0. The van der Waals surface area contributed by atoms with Crippen LogP contribution in [-0.2, 0) is 0 Å². The molecule has 0 amide bonds. The summed E-state index contributed by atoms with van der Waals surface area (Å²) in [6.45, 7) is 3.96. The van der Waals surface area contributed by atoms with Crippen LogP contribution in [0.25, 0.3) is 0 Å². The Morgan fingerprint density at radius 2 is 2.42 bits per heavy atom. The fourth-order valence-corrected chi connectivity index (χ4v) is 1.55. The Morgan fingerprint density at radius 1 is 1.67 bits per heavy atom. The van der Waals surface area contributed by atoms with Gasteiger partial charge in [0.05, 0.1) is 0 Å². The standard InChI is InChI=1S/C9H20N2O/c1-8(12)11(2)7-5-9-4-3-6-10-9/h8-10,12H,3-7H2,1-2H3. The Bertz CT molecular complexity index is 120. The van der Waals surface area contributed by atoms with E-state index in [-0.39, 0.29) is 6.23 Å². The van der Waals surface area contributed by atoms with Gasteiger partial charge in [0.1, 0.15) is 6.23 Å². The van der Waals surface area contributed by atoms with Crippen LogP contribution in [0.5, 0.6) is 0 Å². The van der Waals surface area contributed by atoms with Crippen molar-refractivity contribution in [2.24, 2.45) is 0 Å². The van der Waals surface area contributed by atoms with Gasteiger partial charge in [-0.25, -0.2) is 0 Å². The highest BCUT2D eigenvalue weighted by Gasteiger charge is 2.14. The number of nitrogens with zero attached hydrogens (tertiary/aromatic N) is 1. The van der Waals surface area contributed by atoms with E-state index in [0.29, 0.717) is 6.04 Å². The van der Waals surface area contributed by atoms with Crippen molar-refractivity contribution in [3.05, 3.63) is 0 Å². The molecule has 12 heavy (non-hydrogen) atoms. The predicted octanol–water partition coefficient (Wildman–Crippen LogP) is 0.399. The molecule has 0 bridgehead atoms. The fourth-order valence-electron chi connectivity index (χ4n) is 1.55. The Hall–Kier alpha value is -0.120. The van der Waals surface area contributed by atoms with Crippen molar-refractivity contribution >= 4 is 0 Å². The van der Waals surface area contributed by atoms with Gasteiger partial charge in [0.25, 0.3) is 0 Å². The van der Waals surface area contributed by atoms with Gasteiger partial charge in [-0.3, -0.25) is 4.90 Å². The van der Waals surface area contributed by atoms with E-state index in [4.69, 9.17) is 0 Å². The topological polar surface area (TPSA) is 35.5 Å². The summed E-state index contributed by atoms with van der Waals surface area (Å²) in [7, 11) is 1.96. The molecule has 0 aromatic heterocycles. The minimum Gasteiger partial charge on any atom is -0.379 e. The minimum absolute atomic E-state index is 0.314. The van der Waals surface area contributed by atoms with Crippen molar-refractivity contribution in [2.45, 2.75) is 38.5 Å². The van der Waals surface area contributed by atoms with E-state index < -0.39 is 0 Å². The van der Waals surface area contributed by atoms with E-state index >= 15 is 0 Å². The lowest BCUT2D eigenvalue weighted by Gasteiger charge is -2.21. The third-order valence-electron chi connectivity index (χ3n) is 2.63. The quantitative estimate of drug-likeness (QED) is 0.602. The molecule has 1 aliphatic rings. The highest BCUT2D eigenvalue weighted by molar-refractivity contribution is 4.74. The number of rotatable bonds is 4. The van der Waals surface area contributed by atoms with Gasteiger partial charge in [-0.05, 0) is 39.8 Å². The van der Waals surface area contributed by atoms with Crippen molar-refractivity contribution in [3.63, 3.8) is 0 Å². The number of hydrogen-bond donors (Lipinski definition) is 2. The van der Waals surface area contributed by atoms with Crippen LogP contribution in [-0.4, -0.2) is 42.4 Å². The van der Waals surface area contributed by atoms with Gasteiger partial charge in [0.2, 0.25) is 0 Å². The average Bonchev–Trinajstić information content (AvgIpc) is 2.51. The molecule has 0 saturated carbocycles. The predicted molar refractivity (Wildman–Crippen MR) is 50.0 cm³/mol. The van der Waals surface area contributed by atoms with Crippen molar-refractivity contribution in [3.8, 4) is 0 Å². The van der Waals surface area contributed by atoms with Crippen LogP contribution in [0.15, 0.2) is 0 Å². The van der Waals surface area contributed by atoms with Crippen LogP contribution >= 0.6 is 0 Å². The lowest BCUT2D eigenvalue weighted by Crippen LogP contribution is -2.33. The molecule has 0 spiro atoms. The Kier molecular flexibility index (Phi) is 3.98. The summed E-state index contributed by atoms with van der Waals surface area (Å²) >= 11 is 0. The van der Waals surface area contributed by atoms with Gasteiger partial charge in [-0.2, -0.15) is 0 Å². The van der Waals surface area contributed by atoms with Crippen molar-refractivity contribution < 1.29 is 5.11 Å². The summed E-state index contributed by atoms with van der Waals surface area (Å²) in [6.07, 6.45) is 3.45. The summed E-state index contributed by atoms with van der Waals surface area (Å²) in [5.41, 5.74) is 0. The number of hydrogen-bond acceptors (Lipinski definition) is 3. The van der Waals surface area contributed by atoms with E-state index in [2.05, 4.69) is 5.32 Å². The minimum atomic E-state index is -0.314. The number of aliphatic hydroxyl groups is 1. The molecule has 1 aliphatic heterocycles.